The van der Waals surface area contributed by atoms with E-state index in [1.807, 2.05) is 12.1 Å². The predicted octanol–water partition coefficient (Wildman–Crippen LogP) is 3.72. The molecule has 2 aromatic rings. The van der Waals surface area contributed by atoms with Crippen molar-refractivity contribution in [1.29, 1.82) is 0 Å². The van der Waals surface area contributed by atoms with Crippen molar-refractivity contribution in [3.05, 3.63) is 59.7 Å². The number of nitrogens with two attached hydrogens (primary N) is 2. The van der Waals surface area contributed by atoms with Crippen LogP contribution < -0.4 is 22.1 Å². The van der Waals surface area contributed by atoms with Crippen molar-refractivity contribution in [2.75, 3.05) is 13.1 Å². The van der Waals surface area contributed by atoms with Crippen molar-refractivity contribution < 1.29 is 43.7 Å². The fourth-order valence-corrected chi connectivity index (χ4v) is 7.67. The van der Waals surface area contributed by atoms with Crippen LogP contribution in [0.4, 0.5) is 0 Å². The molecule has 1 aliphatic rings. The predicted molar refractivity (Wildman–Crippen MR) is 231 cm³/mol. The average molecular weight is 832 g/mol. The molecule has 0 aromatic heterocycles. The van der Waals surface area contributed by atoms with Gasteiger partial charge in [-0.1, -0.05) is 82.0 Å². The molecule has 0 saturated carbocycles. The molecule has 0 radical (unpaired) electrons. The van der Waals surface area contributed by atoms with Gasteiger partial charge >= 0.3 is 6.92 Å². The van der Waals surface area contributed by atoms with Crippen LogP contribution in [-0.4, -0.2) is 100 Å². The molecule has 0 aliphatic carbocycles. The summed E-state index contributed by atoms with van der Waals surface area (Å²) in [4.78, 5) is 93.1. The molecular weight excluding hydrogens is 765 g/mol. The van der Waals surface area contributed by atoms with Crippen molar-refractivity contribution in [2.24, 2.45) is 23.3 Å². The van der Waals surface area contributed by atoms with E-state index in [4.69, 9.17) is 11.5 Å². The third-order valence-electron chi connectivity index (χ3n) is 11.3. The first-order valence-electron chi connectivity index (χ1n) is 21.6. The third-order valence-corrected chi connectivity index (χ3v) is 11.3. The summed E-state index contributed by atoms with van der Waals surface area (Å²) in [5.74, 6) is -5.98. The maximum atomic E-state index is 13.6. The number of nitrogens with one attached hydrogen (secondary N) is 2. The lowest BCUT2D eigenvalue weighted by Crippen LogP contribution is -2.55. The van der Waals surface area contributed by atoms with Gasteiger partial charge in [-0.3, -0.25) is 33.6 Å². The SMILES string of the molecule is CCCCc1ccc(-c2ccc(C(=O)CCCC(=O)C[C@@H](CCCCN)C(=O)N[C@H](C(=O)C[C@@H](C)C(=O)N[C@@H](CC(N)=O)C(=O)N3CCC[C@H]3B(C)O)C(C)O)cc2)cc1. The number of carbonyl (C=O) groups is 7. The number of carbonyl (C=O) groups excluding carboxylic acids is 7. The van der Waals surface area contributed by atoms with E-state index in [1.54, 1.807) is 19.0 Å². The Morgan fingerprint density at radius 2 is 1.50 bits per heavy atom. The molecule has 4 amide bonds. The number of hydrogen-bond acceptors (Lipinski definition) is 10. The molecule has 2 aromatic carbocycles. The number of aryl methyl sites for hydroxylation is 1. The standard InChI is InChI=1S/C45H66BN5O9/c1-5-6-11-31-16-18-32(19-17-31)33-20-22-34(23-21-33)38(54)14-9-13-36(53)27-35(12-7-8-24-47)44(58)50-42(30(3)52)39(55)26-29(2)43(57)49-37(28-41(48)56)45(59)51-25-10-15-40(51)46(4)60/h16-23,29-30,35,37,40,42,52,60H,5-15,24-28,47H2,1-4H3,(H2,48,56)(H,49,57)(H,50,58)/t29-,30?,35-,37+,40+,42+/m1/s1. The van der Waals surface area contributed by atoms with Crippen LogP contribution in [0.1, 0.15) is 120 Å². The first-order valence-corrected chi connectivity index (χ1v) is 21.6. The van der Waals surface area contributed by atoms with Crippen LogP contribution in [0.2, 0.25) is 6.82 Å². The number of ketones is 3. The number of Topliss-reactive ketones (excluding diaryl/α,β-unsaturated/α-hetero) is 3. The highest BCUT2D eigenvalue weighted by molar-refractivity contribution is 6.51. The summed E-state index contributed by atoms with van der Waals surface area (Å²) in [6, 6.07) is 13.2. The Morgan fingerprint density at radius 1 is 0.850 bits per heavy atom. The lowest BCUT2D eigenvalue weighted by molar-refractivity contribution is -0.139. The van der Waals surface area contributed by atoms with Gasteiger partial charge in [0.25, 0.3) is 0 Å². The van der Waals surface area contributed by atoms with E-state index in [-0.39, 0.29) is 30.8 Å². The molecule has 14 nitrogen and oxygen atoms in total. The van der Waals surface area contributed by atoms with Gasteiger partial charge in [0.15, 0.2) is 11.6 Å². The molecule has 328 valence electrons. The molecular formula is C45H66BN5O9. The summed E-state index contributed by atoms with van der Waals surface area (Å²) >= 11 is 0. The van der Waals surface area contributed by atoms with Crippen LogP contribution >= 0.6 is 0 Å². The monoisotopic (exact) mass is 831 g/mol. The number of likely N-dealkylation sites (tertiary alicyclic amines) is 1. The second kappa shape index (κ2) is 25.1. The molecule has 0 bridgehead atoms. The van der Waals surface area contributed by atoms with Crippen molar-refractivity contribution >= 4 is 47.9 Å². The van der Waals surface area contributed by atoms with Gasteiger partial charge in [0.2, 0.25) is 23.6 Å². The van der Waals surface area contributed by atoms with Crippen LogP contribution in [-0.2, 0) is 35.2 Å². The van der Waals surface area contributed by atoms with Crippen LogP contribution in [0.5, 0.6) is 0 Å². The Kier molecular flexibility index (Phi) is 20.8. The zero-order chi connectivity index (χ0) is 44.4. The van der Waals surface area contributed by atoms with E-state index in [0.29, 0.717) is 57.2 Å². The number of aliphatic hydroxyl groups excluding tert-OH is 1. The minimum atomic E-state index is -1.39. The number of unbranched alkanes of at least 4 members (excludes halogenated alkanes) is 2. The fraction of sp³-hybridized carbons (Fsp3) is 0.578. The molecule has 1 fully saturated rings. The Balaban J connectivity index is 1.56. The Bertz CT molecular complexity index is 1750. The summed E-state index contributed by atoms with van der Waals surface area (Å²) in [5, 5.41) is 25.8. The van der Waals surface area contributed by atoms with Gasteiger partial charge < -0.3 is 37.1 Å². The number of aliphatic hydroxyl groups is 1. The third kappa shape index (κ3) is 15.7. The van der Waals surface area contributed by atoms with Gasteiger partial charge in [-0.05, 0) is 75.1 Å². The number of benzene rings is 2. The van der Waals surface area contributed by atoms with Crippen LogP contribution in [0.25, 0.3) is 11.1 Å². The molecule has 60 heavy (non-hydrogen) atoms. The zero-order valence-electron chi connectivity index (χ0n) is 35.8. The molecule has 1 aliphatic heterocycles. The highest BCUT2D eigenvalue weighted by Gasteiger charge is 2.39. The maximum Gasteiger partial charge on any atom is 0.309 e. The van der Waals surface area contributed by atoms with Crippen LogP contribution in [0.3, 0.4) is 0 Å². The zero-order valence-corrected chi connectivity index (χ0v) is 35.8. The Labute approximate surface area is 355 Å². The first-order chi connectivity index (χ1) is 28.6. The summed E-state index contributed by atoms with van der Waals surface area (Å²) in [6.07, 6.45) is 4.17. The lowest BCUT2D eigenvalue weighted by atomic mass is 9.62. The number of hydrogen-bond donors (Lipinski definition) is 6. The van der Waals surface area contributed by atoms with Crippen LogP contribution in [0, 0.1) is 11.8 Å². The molecule has 3 rings (SSSR count). The lowest BCUT2D eigenvalue weighted by Gasteiger charge is -2.30. The number of nitrogens with zero attached hydrogens (tertiary/aromatic N) is 1. The average Bonchev–Trinajstić information content (AvgIpc) is 3.72. The second-order valence-corrected chi connectivity index (χ2v) is 16.4. The van der Waals surface area contributed by atoms with E-state index >= 15 is 0 Å². The summed E-state index contributed by atoms with van der Waals surface area (Å²) in [5.41, 5.74) is 15.0. The van der Waals surface area contributed by atoms with E-state index in [9.17, 15) is 43.7 Å². The summed E-state index contributed by atoms with van der Waals surface area (Å²) in [6.45, 7) is 6.40. The smallest absolute Gasteiger partial charge is 0.309 e. The van der Waals surface area contributed by atoms with Gasteiger partial charge in [0.1, 0.15) is 17.9 Å². The fourth-order valence-electron chi connectivity index (χ4n) is 7.67. The largest absolute Gasteiger partial charge is 0.449 e. The van der Waals surface area contributed by atoms with Gasteiger partial charge in [-0.2, -0.15) is 0 Å². The van der Waals surface area contributed by atoms with E-state index in [2.05, 4.69) is 41.8 Å². The molecule has 1 saturated heterocycles. The normalized spacial score (nSPS) is 16.2. The minimum absolute atomic E-state index is 0.0803. The topological polar surface area (TPSA) is 239 Å². The van der Waals surface area contributed by atoms with Crippen molar-refractivity contribution in [1.82, 2.24) is 15.5 Å². The van der Waals surface area contributed by atoms with E-state index < -0.39 is 85.1 Å². The summed E-state index contributed by atoms with van der Waals surface area (Å²) in [7, 11) is 0. The highest BCUT2D eigenvalue weighted by Crippen LogP contribution is 2.24. The van der Waals surface area contributed by atoms with Crippen molar-refractivity contribution in [2.45, 2.75) is 142 Å². The molecule has 6 atom stereocenters. The summed E-state index contributed by atoms with van der Waals surface area (Å²) < 4.78 is 0. The van der Waals surface area contributed by atoms with Crippen molar-refractivity contribution in [3.8, 4) is 11.1 Å². The van der Waals surface area contributed by atoms with E-state index in [0.717, 1.165) is 30.4 Å². The molecule has 1 unspecified atom stereocenters. The highest BCUT2D eigenvalue weighted by atomic mass is 16.3. The molecule has 1 heterocycles. The van der Waals surface area contributed by atoms with Gasteiger partial charge in [0.05, 0.1) is 12.5 Å². The minimum Gasteiger partial charge on any atom is -0.449 e. The quantitative estimate of drug-likeness (QED) is 0.0433. The Morgan fingerprint density at radius 3 is 2.08 bits per heavy atom. The van der Waals surface area contributed by atoms with Gasteiger partial charge in [-0.25, -0.2) is 0 Å². The molecule has 0 spiro atoms. The van der Waals surface area contributed by atoms with Crippen molar-refractivity contribution in [3.63, 3.8) is 0 Å². The van der Waals surface area contributed by atoms with E-state index in [1.165, 1.54) is 24.3 Å². The first kappa shape index (κ1) is 49.6. The maximum absolute atomic E-state index is 13.6. The van der Waals surface area contributed by atoms with Gasteiger partial charge in [-0.15, -0.1) is 0 Å². The second-order valence-electron chi connectivity index (χ2n) is 16.4. The molecule has 8 N–H and O–H groups in total. The number of amides is 4. The number of primary amides is 1. The van der Waals surface area contributed by atoms with Crippen LogP contribution in [0.15, 0.2) is 48.5 Å². The molecule has 15 heteroatoms. The number of rotatable bonds is 27. The Hall–Kier alpha value is -4.73. The van der Waals surface area contributed by atoms with Gasteiger partial charge in [0, 0.05) is 55.6 Å².